The van der Waals surface area contributed by atoms with Crippen LogP contribution in [0.5, 0.6) is 0 Å². The summed E-state index contributed by atoms with van der Waals surface area (Å²) in [5, 5.41) is 14.7. The number of nitro groups is 1. The maximum absolute atomic E-state index is 11.7. The standard InChI is InChI=1S/C25H26N4O4/c1-33-25(30)20-10-11-23(24(16-20)29(31)32)26-21-8-5-9-22(17-21)28-14-12-27(13-15-28)18-19-6-3-2-4-7-19/h2-11,16-17,26H,12-15,18H2,1H3. The van der Waals surface area contributed by atoms with E-state index < -0.39 is 10.9 Å². The Labute approximate surface area is 192 Å². The molecular weight excluding hydrogens is 420 g/mol. The highest BCUT2D eigenvalue weighted by atomic mass is 16.6. The van der Waals surface area contributed by atoms with E-state index in [2.05, 4.69) is 44.1 Å². The first-order chi connectivity index (χ1) is 16.0. The Morgan fingerprint density at radius 1 is 1.00 bits per heavy atom. The number of methoxy groups -OCH3 is 1. The van der Waals surface area contributed by atoms with Crippen molar-refractivity contribution in [2.75, 3.05) is 43.5 Å². The van der Waals surface area contributed by atoms with Crippen molar-refractivity contribution < 1.29 is 14.5 Å². The minimum Gasteiger partial charge on any atom is -0.465 e. The van der Waals surface area contributed by atoms with Gasteiger partial charge in [0.05, 0.1) is 17.6 Å². The molecule has 1 aliphatic heterocycles. The van der Waals surface area contributed by atoms with Crippen molar-refractivity contribution in [1.29, 1.82) is 0 Å². The van der Waals surface area contributed by atoms with Crippen molar-refractivity contribution in [3.8, 4) is 0 Å². The lowest BCUT2D eigenvalue weighted by atomic mass is 10.1. The van der Waals surface area contributed by atoms with Crippen molar-refractivity contribution in [2.24, 2.45) is 0 Å². The van der Waals surface area contributed by atoms with E-state index in [9.17, 15) is 14.9 Å². The first-order valence-electron chi connectivity index (χ1n) is 10.8. The highest BCUT2D eigenvalue weighted by Crippen LogP contribution is 2.30. The number of piperazine rings is 1. The molecule has 0 saturated carbocycles. The van der Waals surface area contributed by atoms with Crippen LogP contribution in [0.2, 0.25) is 0 Å². The molecule has 1 fully saturated rings. The summed E-state index contributed by atoms with van der Waals surface area (Å²) >= 11 is 0. The lowest BCUT2D eigenvalue weighted by Gasteiger charge is -2.36. The van der Waals surface area contributed by atoms with Gasteiger partial charge in [0.25, 0.3) is 5.69 Å². The number of carbonyl (C=O) groups is 1. The van der Waals surface area contributed by atoms with Gasteiger partial charge < -0.3 is 15.0 Å². The lowest BCUT2D eigenvalue weighted by molar-refractivity contribution is -0.383. The van der Waals surface area contributed by atoms with Crippen LogP contribution in [0.15, 0.2) is 72.8 Å². The minimum absolute atomic E-state index is 0.136. The van der Waals surface area contributed by atoms with Crippen molar-refractivity contribution in [1.82, 2.24) is 4.90 Å². The maximum Gasteiger partial charge on any atom is 0.338 e. The Kier molecular flexibility index (Phi) is 6.85. The molecule has 8 nitrogen and oxygen atoms in total. The highest BCUT2D eigenvalue weighted by Gasteiger charge is 2.20. The third-order valence-electron chi connectivity index (χ3n) is 5.73. The van der Waals surface area contributed by atoms with Gasteiger partial charge in [0, 0.05) is 50.2 Å². The van der Waals surface area contributed by atoms with Crippen molar-refractivity contribution in [3.05, 3.63) is 94.0 Å². The smallest absolute Gasteiger partial charge is 0.338 e. The number of anilines is 3. The van der Waals surface area contributed by atoms with Crippen LogP contribution in [0.1, 0.15) is 15.9 Å². The van der Waals surface area contributed by atoms with Crippen LogP contribution in [0.25, 0.3) is 0 Å². The Morgan fingerprint density at radius 3 is 2.45 bits per heavy atom. The molecule has 0 radical (unpaired) electrons. The van der Waals surface area contributed by atoms with Crippen molar-refractivity contribution >= 4 is 28.7 Å². The van der Waals surface area contributed by atoms with Gasteiger partial charge in [0.2, 0.25) is 0 Å². The van der Waals surface area contributed by atoms with Crippen molar-refractivity contribution in [3.63, 3.8) is 0 Å². The first kappa shape index (κ1) is 22.3. The predicted octanol–water partition coefficient (Wildman–Crippen LogP) is 4.45. The van der Waals surface area contributed by atoms with Gasteiger partial charge in [-0.25, -0.2) is 4.79 Å². The summed E-state index contributed by atoms with van der Waals surface area (Å²) in [5.74, 6) is -0.613. The SMILES string of the molecule is COC(=O)c1ccc(Nc2cccc(N3CCN(Cc4ccccc4)CC3)c2)c([N+](=O)[O-])c1. The molecule has 3 aromatic rings. The van der Waals surface area contributed by atoms with Gasteiger partial charge in [-0.15, -0.1) is 0 Å². The number of nitro benzene ring substituents is 1. The van der Waals surface area contributed by atoms with Gasteiger partial charge in [-0.1, -0.05) is 36.4 Å². The number of esters is 1. The van der Waals surface area contributed by atoms with Crippen LogP contribution >= 0.6 is 0 Å². The fourth-order valence-corrected chi connectivity index (χ4v) is 3.97. The number of rotatable bonds is 7. The number of ether oxygens (including phenoxy) is 1. The van der Waals surface area contributed by atoms with Crippen LogP contribution < -0.4 is 10.2 Å². The molecule has 3 aromatic carbocycles. The molecule has 1 aliphatic rings. The summed E-state index contributed by atoms with van der Waals surface area (Å²) in [7, 11) is 1.24. The number of carbonyl (C=O) groups excluding carboxylic acids is 1. The van der Waals surface area contributed by atoms with Crippen LogP contribution in [-0.2, 0) is 11.3 Å². The van der Waals surface area contributed by atoms with Gasteiger partial charge in [-0.3, -0.25) is 15.0 Å². The van der Waals surface area contributed by atoms with Crippen LogP contribution in [-0.4, -0.2) is 49.1 Å². The van der Waals surface area contributed by atoms with Gasteiger partial charge >= 0.3 is 5.97 Å². The first-order valence-corrected chi connectivity index (χ1v) is 10.8. The summed E-state index contributed by atoms with van der Waals surface area (Å²) in [6, 6.07) is 22.6. The average molecular weight is 447 g/mol. The topological polar surface area (TPSA) is 88.0 Å². The molecule has 0 amide bonds. The number of nitrogens with one attached hydrogen (secondary N) is 1. The molecule has 0 aromatic heterocycles. The zero-order chi connectivity index (χ0) is 23.2. The summed E-state index contributed by atoms with van der Waals surface area (Å²) in [4.78, 5) is 27.5. The van der Waals surface area contributed by atoms with Gasteiger partial charge in [-0.2, -0.15) is 0 Å². The van der Waals surface area contributed by atoms with Crippen LogP contribution in [0.4, 0.5) is 22.7 Å². The Hall–Kier alpha value is -3.91. The molecule has 8 heteroatoms. The third-order valence-corrected chi connectivity index (χ3v) is 5.73. The Bertz CT molecular complexity index is 1130. The zero-order valence-corrected chi connectivity index (χ0v) is 18.4. The van der Waals surface area contributed by atoms with E-state index in [1.807, 2.05) is 30.3 Å². The van der Waals surface area contributed by atoms with E-state index in [1.165, 1.54) is 30.9 Å². The summed E-state index contributed by atoms with van der Waals surface area (Å²) in [6.45, 7) is 4.69. The van der Waals surface area contributed by atoms with E-state index in [-0.39, 0.29) is 11.3 Å². The molecular formula is C25H26N4O4. The molecule has 4 rings (SSSR count). The molecule has 33 heavy (non-hydrogen) atoms. The predicted molar refractivity (Wildman–Crippen MR) is 128 cm³/mol. The molecule has 170 valence electrons. The van der Waals surface area contributed by atoms with Gasteiger partial charge in [-0.05, 0) is 35.9 Å². The maximum atomic E-state index is 11.7. The van der Waals surface area contributed by atoms with E-state index in [4.69, 9.17) is 0 Å². The molecule has 1 N–H and O–H groups in total. The number of hydrogen-bond acceptors (Lipinski definition) is 7. The number of nitrogens with zero attached hydrogens (tertiary/aromatic N) is 3. The minimum atomic E-state index is -0.613. The molecule has 0 spiro atoms. The lowest BCUT2D eigenvalue weighted by Crippen LogP contribution is -2.45. The van der Waals surface area contributed by atoms with Crippen molar-refractivity contribution in [2.45, 2.75) is 6.54 Å². The van der Waals surface area contributed by atoms with E-state index in [1.54, 1.807) is 0 Å². The molecule has 1 heterocycles. The van der Waals surface area contributed by atoms with Gasteiger partial charge in [0.15, 0.2) is 0 Å². The zero-order valence-electron chi connectivity index (χ0n) is 18.4. The second-order valence-electron chi connectivity index (χ2n) is 7.90. The Balaban J connectivity index is 1.43. The van der Waals surface area contributed by atoms with Gasteiger partial charge in [0.1, 0.15) is 5.69 Å². The fourth-order valence-electron chi connectivity index (χ4n) is 3.97. The average Bonchev–Trinajstić information content (AvgIpc) is 2.85. The molecule has 0 atom stereocenters. The third kappa shape index (κ3) is 5.48. The molecule has 0 unspecified atom stereocenters. The summed E-state index contributed by atoms with van der Waals surface area (Å²) in [5.41, 5.74) is 3.39. The summed E-state index contributed by atoms with van der Waals surface area (Å²) in [6.07, 6.45) is 0. The molecule has 1 saturated heterocycles. The second-order valence-corrected chi connectivity index (χ2v) is 7.90. The quantitative estimate of drug-likeness (QED) is 0.326. The fraction of sp³-hybridized carbons (Fsp3) is 0.240. The van der Waals surface area contributed by atoms with E-state index in [0.29, 0.717) is 5.69 Å². The normalized spacial score (nSPS) is 14.0. The Morgan fingerprint density at radius 2 is 1.76 bits per heavy atom. The monoisotopic (exact) mass is 446 g/mol. The van der Waals surface area contributed by atoms with Crippen LogP contribution in [0, 0.1) is 10.1 Å². The second kappa shape index (κ2) is 10.1. The molecule has 0 bridgehead atoms. The largest absolute Gasteiger partial charge is 0.465 e. The summed E-state index contributed by atoms with van der Waals surface area (Å²) < 4.78 is 4.66. The van der Waals surface area contributed by atoms with Crippen LogP contribution in [0.3, 0.4) is 0 Å². The highest BCUT2D eigenvalue weighted by molar-refractivity contribution is 5.91. The molecule has 0 aliphatic carbocycles. The van der Waals surface area contributed by atoms with E-state index in [0.717, 1.165) is 44.1 Å². The number of hydrogen-bond donors (Lipinski definition) is 1. The van der Waals surface area contributed by atoms with E-state index >= 15 is 0 Å². The number of benzene rings is 3.